The largest absolute Gasteiger partial charge is 0.276 e. The number of hydrogen-bond donors (Lipinski definition) is 0. The zero-order chi connectivity index (χ0) is 13.3. The van der Waals surface area contributed by atoms with Crippen molar-refractivity contribution in [1.29, 1.82) is 0 Å². The van der Waals surface area contributed by atoms with Crippen molar-refractivity contribution >= 4 is 28.4 Å². The second kappa shape index (κ2) is 5.04. The van der Waals surface area contributed by atoms with Crippen LogP contribution in [-0.4, -0.2) is 5.24 Å². The van der Waals surface area contributed by atoms with Gasteiger partial charge in [0.05, 0.1) is 10.6 Å². The Labute approximate surface area is 112 Å². The summed E-state index contributed by atoms with van der Waals surface area (Å²) in [5, 5.41) is -0.778. The maximum absolute atomic E-state index is 13.8. The molecule has 0 saturated heterocycles. The summed E-state index contributed by atoms with van der Waals surface area (Å²) in [6.45, 7) is 0. The molecule has 0 N–H and O–H groups in total. The SMILES string of the molecule is O=C(Cl)c1cc(F)c(-c2ccc(F)cc2)cc1Cl. The van der Waals surface area contributed by atoms with Crippen LogP contribution < -0.4 is 0 Å². The molecule has 0 aliphatic heterocycles. The van der Waals surface area contributed by atoms with E-state index in [0.717, 1.165) is 6.07 Å². The van der Waals surface area contributed by atoms with Crippen molar-refractivity contribution in [2.24, 2.45) is 0 Å². The van der Waals surface area contributed by atoms with Crippen LogP contribution in [0, 0.1) is 11.6 Å². The van der Waals surface area contributed by atoms with Crippen molar-refractivity contribution in [3.63, 3.8) is 0 Å². The van der Waals surface area contributed by atoms with Gasteiger partial charge in [-0.2, -0.15) is 0 Å². The summed E-state index contributed by atoms with van der Waals surface area (Å²) in [4.78, 5) is 11.0. The number of carbonyl (C=O) groups is 1. The molecular formula is C13H6Cl2F2O. The Kier molecular flexibility index (Phi) is 3.64. The molecule has 1 nitrogen and oxygen atoms in total. The normalized spacial score (nSPS) is 10.4. The summed E-state index contributed by atoms with van der Waals surface area (Å²) < 4.78 is 26.6. The molecule has 0 radical (unpaired) electrons. The van der Waals surface area contributed by atoms with E-state index in [9.17, 15) is 13.6 Å². The molecule has 18 heavy (non-hydrogen) atoms. The second-order valence-electron chi connectivity index (χ2n) is 3.59. The number of hydrogen-bond acceptors (Lipinski definition) is 1. The molecule has 0 aliphatic rings. The summed E-state index contributed by atoms with van der Waals surface area (Å²) in [5.41, 5.74) is 0.549. The molecule has 92 valence electrons. The minimum Gasteiger partial charge on any atom is -0.276 e. The molecular weight excluding hydrogens is 281 g/mol. The van der Waals surface area contributed by atoms with Crippen LogP contribution in [0.15, 0.2) is 36.4 Å². The van der Waals surface area contributed by atoms with Crippen molar-refractivity contribution < 1.29 is 13.6 Å². The van der Waals surface area contributed by atoms with Crippen LogP contribution in [0.2, 0.25) is 5.02 Å². The third-order valence-electron chi connectivity index (χ3n) is 2.42. The second-order valence-corrected chi connectivity index (χ2v) is 4.34. The highest BCUT2D eigenvalue weighted by Crippen LogP contribution is 2.29. The Bertz CT molecular complexity index is 609. The molecule has 2 aromatic carbocycles. The van der Waals surface area contributed by atoms with Gasteiger partial charge in [-0.25, -0.2) is 8.78 Å². The van der Waals surface area contributed by atoms with Crippen molar-refractivity contribution in [1.82, 2.24) is 0 Å². The summed E-state index contributed by atoms with van der Waals surface area (Å²) in [7, 11) is 0. The minimum absolute atomic E-state index is 0.0516. The minimum atomic E-state index is -0.829. The van der Waals surface area contributed by atoms with Crippen LogP contribution in [0.3, 0.4) is 0 Å². The van der Waals surface area contributed by atoms with E-state index in [0.29, 0.717) is 5.56 Å². The molecule has 0 bridgehead atoms. The van der Waals surface area contributed by atoms with E-state index in [1.807, 2.05) is 0 Å². The molecule has 2 rings (SSSR count). The zero-order valence-corrected chi connectivity index (χ0v) is 10.4. The fraction of sp³-hybridized carbons (Fsp3) is 0. The van der Waals surface area contributed by atoms with Crippen molar-refractivity contribution in [3.8, 4) is 11.1 Å². The fourth-order valence-electron chi connectivity index (χ4n) is 1.55. The van der Waals surface area contributed by atoms with Crippen molar-refractivity contribution in [2.45, 2.75) is 0 Å². The van der Waals surface area contributed by atoms with E-state index in [1.54, 1.807) is 0 Å². The monoisotopic (exact) mass is 286 g/mol. The van der Waals surface area contributed by atoms with Gasteiger partial charge < -0.3 is 0 Å². The molecule has 0 heterocycles. The summed E-state index contributed by atoms with van der Waals surface area (Å²) >= 11 is 11.1. The fourth-order valence-corrected chi connectivity index (χ4v) is 2.00. The quantitative estimate of drug-likeness (QED) is 0.734. The number of carbonyl (C=O) groups excluding carboxylic acids is 1. The standard InChI is InChI=1S/C13H6Cl2F2O/c14-11-5-9(7-1-3-8(16)4-2-7)12(17)6-10(11)13(15)18/h1-6H. The van der Waals surface area contributed by atoms with E-state index in [2.05, 4.69) is 0 Å². The lowest BCUT2D eigenvalue weighted by molar-refractivity contribution is 0.108. The lowest BCUT2D eigenvalue weighted by atomic mass is 10.0. The molecule has 0 aromatic heterocycles. The predicted molar refractivity (Wildman–Crippen MR) is 67.0 cm³/mol. The van der Waals surface area contributed by atoms with Crippen molar-refractivity contribution in [2.75, 3.05) is 0 Å². The van der Waals surface area contributed by atoms with Gasteiger partial charge in [0.1, 0.15) is 11.6 Å². The average molecular weight is 287 g/mol. The molecule has 0 spiro atoms. The zero-order valence-electron chi connectivity index (χ0n) is 8.88. The Morgan fingerprint density at radius 1 is 1.06 bits per heavy atom. The van der Waals surface area contributed by atoms with Crippen LogP contribution in [0.1, 0.15) is 10.4 Å². The van der Waals surface area contributed by atoms with Gasteiger partial charge in [-0.1, -0.05) is 23.7 Å². The Morgan fingerprint density at radius 2 is 1.67 bits per heavy atom. The van der Waals surface area contributed by atoms with Gasteiger partial charge in [-0.3, -0.25) is 4.79 Å². The third kappa shape index (κ3) is 2.52. The van der Waals surface area contributed by atoms with E-state index in [4.69, 9.17) is 23.2 Å². The predicted octanol–water partition coefficient (Wildman–Crippen LogP) is 4.66. The van der Waals surface area contributed by atoms with Gasteiger partial charge in [0, 0.05) is 5.56 Å². The first-order chi connectivity index (χ1) is 8.49. The van der Waals surface area contributed by atoms with Gasteiger partial charge >= 0.3 is 0 Å². The summed E-state index contributed by atoms with van der Waals surface area (Å²) in [6.07, 6.45) is 0. The van der Waals surface area contributed by atoms with Gasteiger partial charge in [-0.05, 0) is 41.4 Å². The molecule has 0 amide bonds. The summed E-state index contributed by atoms with van der Waals surface area (Å²) in [5.74, 6) is -1.06. The van der Waals surface area contributed by atoms with Crippen molar-refractivity contribution in [3.05, 3.63) is 58.6 Å². The van der Waals surface area contributed by atoms with E-state index in [1.165, 1.54) is 30.3 Å². The first-order valence-corrected chi connectivity index (χ1v) is 5.69. The van der Waals surface area contributed by atoms with Crippen LogP contribution in [0.4, 0.5) is 8.78 Å². The van der Waals surface area contributed by atoms with E-state index in [-0.39, 0.29) is 16.1 Å². The molecule has 0 unspecified atom stereocenters. The van der Waals surface area contributed by atoms with Gasteiger partial charge in [-0.15, -0.1) is 0 Å². The van der Waals surface area contributed by atoms with E-state index < -0.39 is 16.9 Å². The first-order valence-electron chi connectivity index (χ1n) is 4.94. The highest BCUT2D eigenvalue weighted by molar-refractivity contribution is 6.68. The molecule has 0 atom stereocenters. The number of rotatable bonds is 2. The number of halogens is 4. The Morgan fingerprint density at radius 3 is 2.22 bits per heavy atom. The Balaban J connectivity index is 2.56. The average Bonchev–Trinajstić information content (AvgIpc) is 2.32. The lowest BCUT2D eigenvalue weighted by Crippen LogP contribution is -1.94. The maximum atomic E-state index is 13.8. The smallest absolute Gasteiger partial charge is 0.253 e. The maximum Gasteiger partial charge on any atom is 0.253 e. The molecule has 5 heteroatoms. The molecule has 0 saturated carbocycles. The molecule has 2 aromatic rings. The van der Waals surface area contributed by atoms with Gasteiger partial charge in [0.15, 0.2) is 0 Å². The van der Waals surface area contributed by atoms with Crippen LogP contribution in [-0.2, 0) is 0 Å². The third-order valence-corrected chi connectivity index (χ3v) is 2.94. The Hall–Kier alpha value is -1.45. The summed E-state index contributed by atoms with van der Waals surface area (Å²) in [6, 6.07) is 7.53. The van der Waals surface area contributed by atoms with E-state index >= 15 is 0 Å². The highest BCUT2D eigenvalue weighted by atomic mass is 35.5. The highest BCUT2D eigenvalue weighted by Gasteiger charge is 2.14. The first kappa shape index (κ1) is 13.0. The topological polar surface area (TPSA) is 17.1 Å². The molecule has 0 fully saturated rings. The number of benzene rings is 2. The van der Waals surface area contributed by atoms with Crippen LogP contribution in [0.5, 0.6) is 0 Å². The molecule has 0 aliphatic carbocycles. The van der Waals surface area contributed by atoms with Gasteiger partial charge in [0.2, 0.25) is 0 Å². The van der Waals surface area contributed by atoms with Crippen LogP contribution in [0.25, 0.3) is 11.1 Å². The van der Waals surface area contributed by atoms with Crippen LogP contribution >= 0.6 is 23.2 Å². The lowest BCUT2D eigenvalue weighted by Gasteiger charge is -2.06. The van der Waals surface area contributed by atoms with Gasteiger partial charge in [0.25, 0.3) is 5.24 Å².